The van der Waals surface area contributed by atoms with Crippen molar-refractivity contribution in [3.8, 4) is 0 Å². The first kappa shape index (κ1) is 18.8. The number of amides is 1. The summed E-state index contributed by atoms with van der Waals surface area (Å²) in [5.41, 5.74) is -3.35. The van der Waals surface area contributed by atoms with Crippen LogP contribution in [-0.2, 0) is 35.1 Å². The number of pyridine rings is 1. The molecule has 2 heterocycles. The summed E-state index contributed by atoms with van der Waals surface area (Å²) in [5.74, 6) is -3.22. The highest BCUT2D eigenvalue weighted by atomic mass is 16.6. The molecule has 0 aliphatic carbocycles. The molecule has 0 bridgehead atoms. The van der Waals surface area contributed by atoms with Crippen LogP contribution in [0.3, 0.4) is 0 Å². The molecule has 2 atom stereocenters. The van der Waals surface area contributed by atoms with Gasteiger partial charge >= 0.3 is 11.9 Å². The Morgan fingerprint density at radius 2 is 2.12 bits per heavy atom. The quantitative estimate of drug-likeness (QED) is 0.613. The van der Waals surface area contributed by atoms with Gasteiger partial charge in [-0.2, -0.15) is 0 Å². The van der Waals surface area contributed by atoms with Gasteiger partial charge in [0.15, 0.2) is 0 Å². The maximum absolute atomic E-state index is 12.6. The standard InChI is InChI=1S/C16H20N2O7/c1-9(19)25-12(13(20)21)16(14(22)17-7-8-24-16)11-6-4-5-10(18-11)15(2,3)23/h4-6,12,23H,7-8H2,1-3H3,(H,17,22)(H,20,21). The topological polar surface area (TPSA) is 135 Å². The number of aromatic nitrogens is 1. The Hall–Kier alpha value is -2.52. The Morgan fingerprint density at radius 3 is 2.64 bits per heavy atom. The van der Waals surface area contributed by atoms with Crippen LogP contribution in [0.5, 0.6) is 0 Å². The van der Waals surface area contributed by atoms with Crippen LogP contribution in [0.1, 0.15) is 32.2 Å². The molecule has 2 rings (SSSR count). The van der Waals surface area contributed by atoms with Gasteiger partial charge in [0.25, 0.3) is 5.91 Å². The zero-order valence-corrected chi connectivity index (χ0v) is 14.1. The molecule has 0 spiro atoms. The highest BCUT2D eigenvalue weighted by Gasteiger charge is 2.57. The molecule has 0 saturated carbocycles. The molecule has 3 N–H and O–H groups in total. The summed E-state index contributed by atoms with van der Waals surface area (Å²) in [5, 5.41) is 22.2. The molecular formula is C16H20N2O7. The number of hydrogen-bond donors (Lipinski definition) is 3. The summed E-state index contributed by atoms with van der Waals surface area (Å²) in [6.45, 7) is 4.21. The third kappa shape index (κ3) is 3.62. The number of nitrogens with zero attached hydrogens (tertiary/aromatic N) is 1. The molecule has 0 radical (unpaired) electrons. The lowest BCUT2D eigenvalue weighted by molar-refractivity contribution is -0.201. The van der Waals surface area contributed by atoms with E-state index in [9.17, 15) is 24.6 Å². The molecule has 1 aromatic heterocycles. The van der Waals surface area contributed by atoms with Crippen molar-refractivity contribution in [3.05, 3.63) is 29.6 Å². The summed E-state index contributed by atoms with van der Waals surface area (Å²) >= 11 is 0. The molecule has 1 saturated heterocycles. The fraction of sp³-hybridized carbons (Fsp3) is 0.500. The smallest absolute Gasteiger partial charge is 0.349 e. The van der Waals surface area contributed by atoms with Gasteiger partial charge in [-0.15, -0.1) is 0 Å². The van der Waals surface area contributed by atoms with E-state index < -0.39 is 35.2 Å². The van der Waals surface area contributed by atoms with Crippen molar-refractivity contribution < 1.29 is 34.1 Å². The average Bonchev–Trinajstić information content (AvgIpc) is 2.52. The molecule has 2 unspecified atom stereocenters. The summed E-state index contributed by atoms with van der Waals surface area (Å²) in [7, 11) is 0. The van der Waals surface area contributed by atoms with Gasteiger partial charge in [-0.25, -0.2) is 4.79 Å². The Morgan fingerprint density at radius 1 is 1.44 bits per heavy atom. The van der Waals surface area contributed by atoms with E-state index in [0.29, 0.717) is 0 Å². The molecule has 25 heavy (non-hydrogen) atoms. The molecule has 9 nitrogen and oxygen atoms in total. The van der Waals surface area contributed by atoms with Gasteiger partial charge in [-0.05, 0) is 26.0 Å². The average molecular weight is 352 g/mol. The lowest BCUT2D eigenvalue weighted by Crippen LogP contribution is -2.62. The van der Waals surface area contributed by atoms with Crippen molar-refractivity contribution in [3.63, 3.8) is 0 Å². The monoisotopic (exact) mass is 352 g/mol. The van der Waals surface area contributed by atoms with Crippen molar-refractivity contribution in [1.29, 1.82) is 0 Å². The van der Waals surface area contributed by atoms with E-state index in [1.165, 1.54) is 32.0 Å². The number of aliphatic carboxylic acids is 1. The SMILES string of the molecule is CC(=O)OC(C(=O)O)C1(c2cccc(C(C)(C)O)n2)OCCNC1=O. The van der Waals surface area contributed by atoms with Crippen LogP contribution < -0.4 is 5.32 Å². The van der Waals surface area contributed by atoms with Crippen molar-refractivity contribution >= 4 is 17.8 Å². The predicted octanol–water partition coefficient (Wildman–Crippen LogP) is -0.333. The normalized spacial score (nSPS) is 22.0. The lowest BCUT2D eigenvalue weighted by atomic mass is 9.88. The zero-order chi connectivity index (χ0) is 18.8. The van der Waals surface area contributed by atoms with E-state index in [0.717, 1.165) is 6.92 Å². The first-order chi connectivity index (χ1) is 11.6. The first-order valence-corrected chi connectivity index (χ1v) is 7.61. The minimum Gasteiger partial charge on any atom is -0.478 e. The highest BCUT2D eigenvalue weighted by Crippen LogP contribution is 2.34. The fourth-order valence-electron chi connectivity index (χ4n) is 2.55. The van der Waals surface area contributed by atoms with Gasteiger partial charge in [0.05, 0.1) is 18.0 Å². The Labute approximate surface area is 144 Å². The van der Waals surface area contributed by atoms with E-state index >= 15 is 0 Å². The predicted molar refractivity (Wildman–Crippen MR) is 83.3 cm³/mol. The van der Waals surface area contributed by atoms with Crippen LogP contribution in [0.15, 0.2) is 18.2 Å². The number of carbonyl (C=O) groups is 3. The molecule has 1 aromatic rings. The number of esters is 1. The van der Waals surface area contributed by atoms with Crippen LogP contribution in [0.4, 0.5) is 0 Å². The van der Waals surface area contributed by atoms with Gasteiger partial charge in [-0.1, -0.05) is 6.07 Å². The van der Waals surface area contributed by atoms with Crippen LogP contribution in [-0.4, -0.2) is 52.3 Å². The Kier molecular flexibility index (Phi) is 5.09. The van der Waals surface area contributed by atoms with E-state index in [1.807, 2.05) is 0 Å². The maximum Gasteiger partial charge on any atom is 0.349 e. The van der Waals surface area contributed by atoms with Crippen LogP contribution in [0, 0.1) is 0 Å². The third-order valence-corrected chi connectivity index (χ3v) is 3.69. The molecule has 1 aliphatic rings. The largest absolute Gasteiger partial charge is 0.478 e. The van der Waals surface area contributed by atoms with Crippen molar-refractivity contribution in [2.75, 3.05) is 13.2 Å². The number of aliphatic hydroxyl groups is 1. The van der Waals surface area contributed by atoms with E-state index in [4.69, 9.17) is 9.47 Å². The van der Waals surface area contributed by atoms with E-state index in [2.05, 4.69) is 10.3 Å². The van der Waals surface area contributed by atoms with Gasteiger partial charge < -0.3 is 25.0 Å². The van der Waals surface area contributed by atoms with E-state index in [-0.39, 0.29) is 24.5 Å². The summed E-state index contributed by atoms with van der Waals surface area (Å²) in [6, 6.07) is 4.43. The summed E-state index contributed by atoms with van der Waals surface area (Å²) in [4.78, 5) is 39.9. The van der Waals surface area contributed by atoms with Crippen LogP contribution >= 0.6 is 0 Å². The lowest BCUT2D eigenvalue weighted by Gasteiger charge is -2.38. The van der Waals surface area contributed by atoms with Gasteiger partial charge in [0.2, 0.25) is 11.7 Å². The van der Waals surface area contributed by atoms with Crippen molar-refractivity contribution in [2.24, 2.45) is 0 Å². The fourth-order valence-corrected chi connectivity index (χ4v) is 2.55. The van der Waals surface area contributed by atoms with Crippen molar-refractivity contribution in [1.82, 2.24) is 10.3 Å². The molecule has 1 amide bonds. The molecule has 1 aliphatic heterocycles. The molecular weight excluding hydrogens is 332 g/mol. The Balaban J connectivity index is 2.66. The second-order valence-electron chi connectivity index (χ2n) is 6.13. The van der Waals surface area contributed by atoms with Gasteiger partial charge in [0, 0.05) is 13.5 Å². The number of nitrogens with one attached hydrogen (secondary N) is 1. The summed E-state index contributed by atoms with van der Waals surface area (Å²) < 4.78 is 10.4. The number of carboxylic acids is 1. The van der Waals surface area contributed by atoms with Crippen LogP contribution in [0.2, 0.25) is 0 Å². The third-order valence-electron chi connectivity index (χ3n) is 3.69. The number of ether oxygens (including phenoxy) is 2. The number of morpholine rings is 1. The first-order valence-electron chi connectivity index (χ1n) is 7.61. The highest BCUT2D eigenvalue weighted by molar-refractivity contribution is 5.94. The molecule has 136 valence electrons. The maximum atomic E-state index is 12.6. The van der Waals surface area contributed by atoms with Crippen LogP contribution in [0.25, 0.3) is 0 Å². The molecule has 9 heteroatoms. The summed E-state index contributed by atoms with van der Waals surface area (Å²) in [6.07, 6.45) is -1.94. The molecule has 0 aromatic carbocycles. The zero-order valence-electron chi connectivity index (χ0n) is 14.1. The second kappa shape index (κ2) is 6.77. The van der Waals surface area contributed by atoms with Gasteiger partial charge in [0.1, 0.15) is 5.60 Å². The molecule has 1 fully saturated rings. The van der Waals surface area contributed by atoms with Gasteiger partial charge in [-0.3, -0.25) is 14.6 Å². The second-order valence-corrected chi connectivity index (χ2v) is 6.13. The number of rotatable bonds is 5. The minimum atomic E-state index is -2.16. The Bertz CT molecular complexity index is 698. The minimum absolute atomic E-state index is 0.00517. The van der Waals surface area contributed by atoms with E-state index in [1.54, 1.807) is 0 Å². The number of hydrogen-bond acceptors (Lipinski definition) is 7. The number of carbonyl (C=O) groups excluding carboxylic acids is 2. The number of carboxylic acid groups (broad SMARTS) is 1. The van der Waals surface area contributed by atoms with Crippen molar-refractivity contribution in [2.45, 2.75) is 38.1 Å².